The third-order valence-corrected chi connectivity index (χ3v) is 5.68. The second-order valence-corrected chi connectivity index (χ2v) is 8.04. The van der Waals surface area contributed by atoms with Gasteiger partial charge in [-0.25, -0.2) is 4.98 Å². The first-order chi connectivity index (χ1) is 15.4. The minimum absolute atomic E-state index is 0.0288. The summed E-state index contributed by atoms with van der Waals surface area (Å²) in [5.74, 6) is 6.73. The summed E-state index contributed by atoms with van der Waals surface area (Å²) in [6.07, 6.45) is 2.05. The first kappa shape index (κ1) is 23.5. The van der Waals surface area contributed by atoms with Crippen molar-refractivity contribution in [2.24, 2.45) is 0 Å². The highest BCUT2D eigenvalue weighted by atomic mass is 16.3. The highest BCUT2D eigenvalue weighted by Crippen LogP contribution is 2.22. The van der Waals surface area contributed by atoms with Gasteiger partial charge in [-0.1, -0.05) is 55.5 Å². The summed E-state index contributed by atoms with van der Waals surface area (Å²) in [5, 5.41) is 12.2. The molecule has 0 saturated heterocycles. The fraction of sp³-hybridized carbons (Fsp3) is 0.333. The lowest BCUT2D eigenvalue weighted by Gasteiger charge is -2.21. The molecule has 0 aliphatic rings. The largest absolute Gasteiger partial charge is 0.392 e. The number of hydrogen-bond acceptors (Lipinski definition) is 5. The molecule has 0 aliphatic carbocycles. The molecular weight excluding hydrogens is 398 g/mol. The average Bonchev–Trinajstić information content (AvgIpc) is 2.80. The van der Waals surface area contributed by atoms with Gasteiger partial charge < -0.3 is 15.7 Å². The summed E-state index contributed by atoms with van der Waals surface area (Å²) in [5.41, 5.74) is 9.37. The Balaban J connectivity index is 1.68. The monoisotopic (exact) mass is 429 g/mol. The maximum atomic E-state index is 12.5. The zero-order valence-corrected chi connectivity index (χ0v) is 19.1. The molecule has 0 bridgehead atoms. The van der Waals surface area contributed by atoms with Crippen molar-refractivity contribution < 1.29 is 9.90 Å². The van der Waals surface area contributed by atoms with Crippen LogP contribution < -0.4 is 5.73 Å². The quantitative estimate of drug-likeness (QED) is 0.415. The number of rotatable bonds is 8. The summed E-state index contributed by atoms with van der Waals surface area (Å²) in [4.78, 5) is 18.9. The Labute approximate surface area is 190 Å². The van der Waals surface area contributed by atoms with Crippen LogP contribution in [0.2, 0.25) is 0 Å². The molecule has 0 spiro atoms. The smallest absolute Gasteiger partial charge is 0.162 e. The SMILES string of the molecule is CCN(CC)CC(O)CCC(=O)c1ccc(C#Cc2c(N)ncc3ccc(C)cc23)cc1. The highest BCUT2D eigenvalue weighted by molar-refractivity contribution is 5.96. The van der Waals surface area contributed by atoms with Crippen LogP contribution in [0.1, 0.15) is 53.7 Å². The van der Waals surface area contributed by atoms with Crippen molar-refractivity contribution in [2.75, 3.05) is 25.4 Å². The van der Waals surface area contributed by atoms with E-state index in [9.17, 15) is 9.90 Å². The number of likely N-dealkylation sites (N-methyl/N-ethyl adjacent to an activating group) is 1. The number of nitrogens with two attached hydrogens (primary N) is 1. The Hall–Kier alpha value is -3.20. The van der Waals surface area contributed by atoms with Gasteiger partial charge in [-0.2, -0.15) is 0 Å². The number of nitrogen functional groups attached to an aromatic ring is 1. The van der Waals surface area contributed by atoms with Crippen molar-refractivity contribution in [3.05, 3.63) is 70.9 Å². The minimum Gasteiger partial charge on any atom is -0.392 e. The molecule has 5 heteroatoms. The number of ketones is 1. The molecule has 2 aromatic carbocycles. The second kappa shape index (κ2) is 10.9. The van der Waals surface area contributed by atoms with Crippen LogP contribution in [0.25, 0.3) is 10.8 Å². The highest BCUT2D eigenvalue weighted by Gasteiger charge is 2.13. The van der Waals surface area contributed by atoms with E-state index in [0.29, 0.717) is 36.3 Å². The molecule has 1 atom stereocenters. The third kappa shape index (κ3) is 5.94. The molecule has 166 valence electrons. The molecule has 3 N–H and O–H groups in total. The number of carbonyl (C=O) groups excluding carboxylic acids is 1. The number of anilines is 1. The van der Waals surface area contributed by atoms with Gasteiger partial charge in [0.2, 0.25) is 0 Å². The predicted molar refractivity (Wildman–Crippen MR) is 131 cm³/mol. The number of aromatic nitrogens is 1. The summed E-state index contributed by atoms with van der Waals surface area (Å²) < 4.78 is 0. The number of benzene rings is 2. The Kier molecular flexibility index (Phi) is 7.99. The third-order valence-electron chi connectivity index (χ3n) is 5.68. The van der Waals surface area contributed by atoms with Crippen LogP contribution in [-0.4, -0.2) is 46.5 Å². The van der Waals surface area contributed by atoms with E-state index in [-0.39, 0.29) is 5.78 Å². The normalized spacial score (nSPS) is 11.9. The van der Waals surface area contributed by atoms with E-state index in [4.69, 9.17) is 5.73 Å². The lowest BCUT2D eigenvalue weighted by molar-refractivity contribution is 0.0877. The lowest BCUT2D eigenvalue weighted by Crippen LogP contribution is -2.32. The van der Waals surface area contributed by atoms with E-state index in [2.05, 4.69) is 41.6 Å². The molecule has 1 unspecified atom stereocenters. The average molecular weight is 430 g/mol. The van der Waals surface area contributed by atoms with Crippen molar-refractivity contribution >= 4 is 22.4 Å². The molecule has 1 aromatic heterocycles. The predicted octanol–water partition coefficient (Wildman–Crippen LogP) is 4.19. The summed E-state index contributed by atoms with van der Waals surface area (Å²) in [6, 6.07) is 13.4. The topological polar surface area (TPSA) is 79.5 Å². The first-order valence-corrected chi connectivity index (χ1v) is 11.1. The van der Waals surface area contributed by atoms with Crippen molar-refractivity contribution in [1.29, 1.82) is 0 Å². The van der Waals surface area contributed by atoms with Crippen molar-refractivity contribution in [3.63, 3.8) is 0 Å². The standard InChI is InChI=1S/C27H31N3O2/c1-4-30(5-2)18-23(31)13-15-26(32)21-11-7-20(8-12-21)9-14-24-25-16-19(3)6-10-22(25)17-29-27(24)28/h6-8,10-12,16-17,23,31H,4-5,13,15,18H2,1-3H3,(H2,28,29). The number of fused-ring (bicyclic) bond motifs is 1. The molecular formula is C27H31N3O2. The number of aliphatic hydroxyl groups excluding tert-OH is 1. The van der Waals surface area contributed by atoms with Crippen molar-refractivity contribution in [1.82, 2.24) is 9.88 Å². The molecule has 32 heavy (non-hydrogen) atoms. The van der Waals surface area contributed by atoms with Gasteiger partial charge in [0, 0.05) is 41.1 Å². The van der Waals surface area contributed by atoms with E-state index in [1.54, 1.807) is 18.3 Å². The minimum atomic E-state index is -0.493. The van der Waals surface area contributed by atoms with Crippen LogP contribution in [0.5, 0.6) is 0 Å². The zero-order valence-electron chi connectivity index (χ0n) is 19.1. The Bertz CT molecular complexity index is 1130. The number of aryl methyl sites for hydroxylation is 1. The van der Waals surface area contributed by atoms with Crippen molar-refractivity contribution in [3.8, 4) is 11.8 Å². The van der Waals surface area contributed by atoms with Gasteiger partial charge in [-0.15, -0.1) is 0 Å². The van der Waals surface area contributed by atoms with Gasteiger partial charge in [0.15, 0.2) is 5.78 Å². The Morgan fingerprint density at radius 1 is 1.12 bits per heavy atom. The molecule has 0 saturated carbocycles. The van der Waals surface area contributed by atoms with Gasteiger partial charge in [-0.3, -0.25) is 4.79 Å². The number of aliphatic hydroxyl groups is 1. The van der Waals surface area contributed by atoms with Crippen molar-refractivity contribution in [2.45, 2.75) is 39.7 Å². The van der Waals surface area contributed by atoms with Gasteiger partial charge in [0.05, 0.1) is 11.7 Å². The van der Waals surface area contributed by atoms with Crippen LogP contribution in [0.15, 0.2) is 48.7 Å². The number of hydrogen-bond donors (Lipinski definition) is 2. The maximum absolute atomic E-state index is 12.5. The number of nitrogens with zero attached hydrogens (tertiary/aromatic N) is 2. The van der Waals surface area contributed by atoms with E-state index in [1.807, 2.05) is 31.2 Å². The Morgan fingerprint density at radius 2 is 1.84 bits per heavy atom. The van der Waals surface area contributed by atoms with E-state index >= 15 is 0 Å². The van der Waals surface area contributed by atoms with E-state index in [1.165, 1.54) is 0 Å². The molecule has 1 heterocycles. The molecule has 5 nitrogen and oxygen atoms in total. The zero-order chi connectivity index (χ0) is 23.1. The van der Waals surface area contributed by atoms with Crippen LogP contribution in [0, 0.1) is 18.8 Å². The fourth-order valence-corrected chi connectivity index (χ4v) is 3.66. The molecule has 3 rings (SSSR count). The summed E-state index contributed by atoms with van der Waals surface area (Å²) in [7, 11) is 0. The van der Waals surface area contributed by atoms with Crippen LogP contribution in [0.3, 0.4) is 0 Å². The van der Waals surface area contributed by atoms with Gasteiger partial charge >= 0.3 is 0 Å². The Morgan fingerprint density at radius 3 is 2.53 bits per heavy atom. The molecule has 3 aromatic rings. The van der Waals surface area contributed by atoms with Crippen LogP contribution in [0.4, 0.5) is 5.82 Å². The van der Waals surface area contributed by atoms with Crippen LogP contribution >= 0.6 is 0 Å². The van der Waals surface area contributed by atoms with E-state index in [0.717, 1.165) is 35.0 Å². The summed E-state index contributed by atoms with van der Waals surface area (Å²) in [6.45, 7) is 8.55. The van der Waals surface area contributed by atoms with Crippen LogP contribution in [-0.2, 0) is 0 Å². The molecule has 0 radical (unpaired) electrons. The van der Waals surface area contributed by atoms with Gasteiger partial charge in [0.1, 0.15) is 5.82 Å². The van der Waals surface area contributed by atoms with E-state index < -0.39 is 6.10 Å². The number of carbonyl (C=O) groups is 1. The van der Waals surface area contributed by atoms with Gasteiger partial charge in [0.25, 0.3) is 0 Å². The number of pyridine rings is 1. The first-order valence-electron chi connectivity index (χ1n) is 11.1. The molecule has 0 amide bonds. The number of Topliss-reactive ketones (excluding diaryl/α,β-unsaturated/α-hetero) is 1. The van der Waals surface area contributed by atoms with Gasteiger partial charge in [-0.05, 0) is 44.6 Å². The second-order valence-electron chi connectivity index (χ2n) is 8.04. The molecule has 0 aliphatic heterocycles. The summed E-state index contributed by atoms with van der Waals surface area (Å²) >= 11 is 0. The maximum Gasteiger partial charge on any atom is 0.162 e. The lowest BCUT2D eigenvalue weighted by atomic mass is 10.0. The fourth-order valence-electron chi connectivity index (χ4n) is 3.66. The molecule has 0 fully saturated rings.